The number of aromatic amines is 1. The second-order valence-corrected chi connectivity index (χ2v) is 10.7. The lowest BCUT2D eigenvalue weighted by Crippen LogP contribution is -2.56. The summed E-state index contributed by atoms with van der Waals surface area (Å²) in [6, 6.07) is 13.5. The molecule has 2 bridgehead atoms. The lowest BCUT2D eigenvalue weighted by molar-refractivity contribution is -0.274. The highest BCUT2D eigenvalue weighted by Gasteiger charge is 2.48. The summed E-state index contributed by atoms with van der Waals surface area (Å²) >= 11 is 0. The molecule has 3 saturated heterocycles. The maximum atomic E-state index is 13.6. The van der Waals surface area contributed by atoms with Crippen molar-refractivity contribution in [3.05, 3.63) is 61.2 Å². The number of halogens is 3. The maximum absolute atomic E-state index is 13.6. The Kier molecular flexibility index (Phi) is 5.41. The van der Waals surface area contributed by atoms with Crippen LogP contribution >= 0.6 is 0 Å². The zero-order valence-electron chi connectivity index (χ0n) is 21.7. The Bertz CT molecular complexity index is 1760. The predicted molar refractivity (Wildman–Crippen MR) is 145 cm³/mol. The van der Waals surface area contributed by atoms with Gasteiger partial charge < -0.3 is 24.7 Å². The average molecular weight is 563 g/mol. The quantitative estimate of drug-likeness (QED) is 0.311. The maximum Gasteiger partial charge on any atom is 0.573 e. The molecule has 3 fully saturated rings. The Morgan fingerprint density at radius 3 is 2.71 bits per heavy atom. The van der Waals surface area contributed by atoms with Gasteiger partial charge in [0, 0.05) is 54.2 Å². The smallest absolute Gasteiger partial charge is 0.403 e. The number of piperazine rings is 1. The third-order valence-corrected chi connectivity index (χ3v) is 8.24. The van der Waals surface area contributed by atoms with Gasteiger partial charge in [-0.1, -0.05) is 12.1 Å². The summed E-state index contributed by atoms with van der Waals surface area (Å²) in [5, 5.41) is 8.50. The van der Waals surface area contributed by atoms with E-state index in [4.69, 9.17) is 9.72 Å². The van der Waals surface area contributed by atoms with Gasteiger partial charge in [-0.05, 0) is 36.1 Å². The number of nitrogens with one attached hydrogen (secondary N) is 2. The summed E-state index contributed by atoms with van der Waals surface area (Å²) in [6.45, 7) is 2.90. The molecule has 5 aromatic rings. The number of rotatable bonds is 6. The van der Waals surface area contributed by atoms with Crippen LogP contribution in [0.3, 0.4) is 0 Å². The largest absolute Gasteiger partial charge is 0.573 e. The molecule has 2 unspecified atom stereocenters. The molecule has 3 aliphatic heterocycles. The predicted octanol–water partition coefficient (Wildman–Crippen LogP) is 4.58. The number of alkyl halides is 3. The Hall–Kier alpha value is -4.36. The number of hydrogen-bond acceptors (Lipinski definition) is 8. The first-order valence-corrected chi connectivity index (χ1v) is 13.4. The molecule has 0 aliphatic carbocycles. The Balaban J connectivity index is 1.12. The van der Waals surface area contributed by atoms with Gasteiger partial charge in [-0.25, -0.2) is 14.5 Å². The highest BCUT2D eigenvalue weighted by Crippen LogP contribution is 2.43. The van der Waals surface area contributed by atoms with E-state index >= 15 is 0 Å². The molecule has 10 nitrogen and oxygen atoms in total. The van der Waals surface area contributed by atoms with Crippen molar-refractivity contribution in [1.82, 2.24) is 29.5 Å². The number of aromatic nitrogens is 5. The van der Waals surface area contributed by atoms with Crippen molar-refractivity contribution >= 4 is 33.7 Å². The number of ether oxygens (including phenoxy) is 2. The molecular weight excluding hydrogens is 537 g/mol. The lowest BCUT2D eigenvalue weighted by atomic mass is 10.1. The Labute approximate surface area is 231 Å². The second-order valence-electron chi connectivity index (χ2n) is 10.7. The summed E-state index contributed by atoms with van der Waals surface area (Å²) in [7, 11) is 0. The minimum atomic E-state index is -4.84. The van der Waals surface area contributed by atoms with Crippen molar-refractivity contribution in [2.45, 2.75) is 30.9 Å². The summed E-state index contributed by atoms with van der Waals surface area (Å²) in [5.74, 6) is 0.107. The van der Waals surface area contributed by atoms with Crippen LogP contribution in [0, 0.1) is 0 Å². The number of fused-ring (bicyclic) bond motifs is 4. The first-order chi connectivity index (χ1) is 19.9. The molecule has 8 rings (SSSR count). The van der Waals surface area contributed by atoms with Crippen LogP contribution in [0.15, 0.2) is 61.2 Å². The van der Waals surface area contributed by atoms with Gasteiger partial charge in [0.25, 0.3) is 0 Å². The van der Waals surface area contributed by atoms with Crippen molar-refractivity contribution in [3.8, 4) is 17.0 Å². The van der Waals surface area contributed by atoms with E-state index in [0.29, 0.717) is 47.2 Å². The number of benzene rings is 2. The molecule has 2 N–H and O–H groups in total. The molecule has 3 aliphatic rings. The Morgan fingerprint density at radius 2 is 1.93 bits per heavy atom. The monoisotopic (exact) mass is 562 g/mol. The fraction of sp³-hybridized carbons (Fsp3) is 0.321. The number of H-pyrrole nitrogens is 1. The molecule has 0 saturated carbocycles. The van der Waals surface area contributed by atoms with Gasteiger partial charge in [0.05, 0.1) is 36.8 Å². The zero-order chi connectivity index (χ0) is 27.7. The van der Waals surface area contributed by atoms with Crippen LogP contribution in [-0.4, -0.2) is 80.3 Å². The SMILES string of the molecule is FC(F)(F)Oc1cc(Nc2nc(-c3ccc4cc[nH]c4c3)cn3ncnc23)ccc1N1CC2CC1CN2C1COC1. The second kappa shape index (κ2) is 9.08. The average Bonchev–Trinajstić information content (AvgIpc) is 3.70. The van der Waals surface area contributed by atoms with Gasteiger partial charge in [0.2, 0.25) is 0 Å². The van der Waals surface area contributed by atoms with Gasteiger partial charge in [-0.15, -0.1) is 13.2 Å². The zero-order valence-corrected chi connectivity index (χ0v) is 21.7. The number of anilines is 3. The lowest BCUT2D eigenvalue weighted by Gasteiger charge is -2.43. The van der Waals surface area contributed by atoms with Gasteiger partial charge in [0.15, 0.2) is 17.2 Å². The van der Waals surface area contributed by atoms with Gasteiger partial charge in [0.1, 0.15) is 6.33 Å². The van der Waals surface area contributed by atoms with E-state index in [0.717, 1.165) is 42.6 Å². The summed E-state index contributed by atoms with van der Waals surface area (Å²) in [5.41, 5.74) is 3.69. The van der Waals surface area contributed by atoms with Crippen LogP contribution in [0.2, 0.25) is 0 Å². The van der Waals surface area contributed by atoms with Crippen molar-refractivity contribution in [1.29, 1.82) is 0 Å². The highest BCUT2D eigenvalue weighted by atomic mass is 19.4. The fourth-order valence-electron chi connectivity index (χ4n) is 6.29. The molecule has 2 atom stereocenters. The van der Waals surface area contributed by atoms with E-state index in [9.17, 15) is 13.2 Å². The van der Waals surface area contributed by atoms with Gasteiger partial charge >= 0.3 is 6.36 Å². The van der Waals surface area contributed by atoms with Crippen molar-refractivity contribution in [2.75, 3.05) is 36.5 Å². The van der Waals surface area contributed by atoms with E-state index in [2.05, 4.69) is 30.0 Å². The molecule has 3 aromatic heterocycles. The highest BCUT2D eigenvalue weighted by molar-refractivity contribution is 5.85. The first kappa shape index (κ1) is 24.4. The van der Waals surface area contributed by atoms with Crippen molar-refractivity contribution in [3.63, 3.8) is 0 Å². The third-order valence-electron chi connectivity index (χ3n) is 8.24. The van der Waals surface area contributed by atoms with Crippen LogP contribution < -0.4 is 15.0 Å². The van der Waals surface area contributed by atoms with Crippen LogP contribution in [0.5, 0.6) is 5.75 Å². The third kappa shape index (κ3) is 4.32. The summed E-state index contributed by atoms with van der Waals surface area (Å²) < 4.78 is 52.2. The number of nitrogens with zero attached hydrogens (tertiary/aromatic N) is 6. The minimum Gasteiger partial charge on any atom is -0.403 e. The molecular formula is C28H25F3N8O2. The van der Waals surface area contributed by atoms with Crippen molar-refractivity contribution < 1.29 is 22.6 Å². The molecule has 6 heterocycles. The van der Waals surface area contributed by atoms with Gasteiger partial charge in [-0.2, -0.15) is 5.10 Å². The molecule has 210 valence electrons. The number of likely N-dealkylation sites (tertiary alicyclic amines) is 1. The van der Waals surface area contributed by atoms with Crippen LogP contribution in [0.4, 0.5) is 30.4 Å². The van der Waals surface area contributed by atoms with E-state index in [-0.39, 0.29) is 11.8 Å². The topological polar surface area (TPSA) is 95.8 Å². The fourth-order valence-corrected chi connectivity index (χ4v) is 6.29. The molecule has 2 aromatic carbocycles. The molecule has 0 radical (unpaired) electrons. The number of hydrogen-bond donors (Lipinski definition) is 2. The first-order valence-electron chi connectivity index (χ1n) is 13.4. The van der Waals surface area contributed by atoms with Gasteiger partial charge in [-0.3, -0.25) is 4.90 Å². The summed E-state index contributed by atoms with van der Waals surface area (Å²) in [4.78, 5) is 16.7. The van der Waals surface area contributed by atoms with Crippen LogP contribution in [-0.2, 0) is 4.74 Å². The van der Waals surface area contributed by atoms with E-state index < -0.39 is 6.36 Å². The molecule has 13 heteroatoms. The molecule has 0 spiro atoms. The molecule has 41 heavy (non-hydrogen) atoms. The van der Waals surface area contributed by atoms with E-state index in [1.807, 2.05) is 35.4 Å². The van der Waals surface area contributed by atoms with Crippen LogP contribution in [0.1, 0.15) is 6.42 Å². The summed E-state index contributed by atoms with van der Waals surface area (Å²) in [6.07, 6.45) is 1.11. The van der Waals surface area contributed by atoms with Crippen molar-refractivity contribution in [2.24, 2.45) is 0 Å². The van der Waals surface area contributed by atoms with Crippen LogP contribution in [0.25, 0.3) is 27.8 Å². The van der Waals surface area contributed by atoms with E-state index in [1.54, 1.807) is 22.8 Å². The standard InChI is InChI=1S/C28H25F3N8O2/c29-28(30,31)41-25-8-18(3-4-24(25)38-11-19-9-20(38)10-37(19)21-13-40-14-21)35-26-27-33-15-34-39(27)12-23(36-26)17-2-1-16-5-6-32-22(16)7-17/h1-8,12,15,19-21,32H,9-11,13-14H2,(H,35,36). The minimum absolute atomic E-state index is 0.126. The molecule has 0 amide bonds. The Morgan fingerprint density at radius 1 is 1.02 bits per heavy atom. The van der Waals surface area contributed by atoms with E-state index in [1.165, 1.54) is 12.4 Å². The normalized spacial score (nSPS) is 21.2.